The third kappa shape index (κ3) is 2.98. The van der Waals surface area contributed by atoms with Gasteiger partial charge in [0, 0.05) is 25.1 Å². The van der Waals surface area contributed by atoms with Gasteiger partial charge in [-0.15, -0.1) is 0 Å². The first-order chi connectivity index (χ1) is 8.37. The lowest BCUT2D eigenvalue weighted by Gasteiger charge is -2.35. The number of benzene rings is 1. The van der Waals surface area contributed by atoms with Crippen LogP contribution in [0, 0.1) is 11.7 Å². The molecule has 1 N–H and O–H groups in total. The lowest BCUT2D eigenvalue weighted by molar-refractivity contribution is -0.0873. The summed E-state index contributed by atoms with van der Waals surface area (Å²) in [5.74, 6) is -2.85. The molecule has 0 aliphatic heterocycles. The summed E-state index contributed by atoms with van der Waals surface area (Å²) in [6.45, 7) is 4.89. The van der Waals surface area contributed by atoms with Gasteiger partial charge in [-0.2, -0.15) is 0 Å². The van der Waals surface area contributed by atoms with Crippen LogP contribution >= 0.6 is 0 Å². The average molecular weight is 257 g/mol. The van der Waals surface area contributed by atoms with E-state index < -0.39 is 5.92 Å². The zero-order valence-corrected chi connectivity index (χ0v) is 10.6. The van der Waals surface area contributed by atoms with E-state index in [0.717, 1.165) is 6.54 Å². The van der Waals surface area contributed by atoms with Crippen LogP contribution in [-0.4, -0.2) is 12.5 Å². The molecule has 1 aliphatic carbocycles. The quantitative estimate of drug-likeness (QED) is 0.842. The van der Waals surface area contributed by atoms with Gasteiger partial charge in [-0.05, 0) is 29.5 Å². The Kier molecular flexibility index (Phi) is 3.55. The van der Waals surface area contributed by atoms with Gasteiger partial charge >= 0.3 is 0 Å². The van der Waals surface area contributed by atoms with Crippen molar-refractivity contribution in [1.82, 2.24) is 0 Å². The third-order valence-electron chi connectivity index (χ3n) is 3.24. The van der Waals surface area contributed by atoms with E-state index in [4.69, 9.17) is 0 Å². The molecule has 1 aliphatic rings. The summed E-state index contributed by atoms with van der Waals surface area (Å²) in [4.78, 5) is 0. The van der Waals surface area contributed by atoms with Crippen LogP contribution in [0.5, 0.6) is 0 Å². The minimum Gasteiger partial charge on any atom is -0.385 e. The third-order valence-corrected chi connectivity index (χ3v) is 3.24. The largest absolute Gasteiger partial charge is 0.385 e. The summed E-state index contributed by atoms with van der Waals surface area (Å²) < 4.78 is 39.3. The van der Waals surface area contributed by atoms with Gasteiger partial charge in [0.05, 0.1) is 0 Å². The van der Waals surface area contributed by atoms with Crippen LogP contribution in [0.4, 0.5) is 18.9 Å². The Labute approximate surface area is 105 Å². The molecule has 0 unspecified atom stereocenters. The maximum Gasteiger partial charge on any atom is 0.249 e. The fourth-order valence-corrected chi connectivity index (χ4v) is 2.17. The van der Waals surface area contributed by atoms with E-state index in [-0.39, 0.29) is 24.6 Å². The van der Waals surface area contributed by atoms with E-state index in [9.17, 15) is 13.2 Å². The van der Waals surface area contributed by atoms with Gasteiger partial charge in [0.1, 0.15) is 5.82 Å². The molecule has 1 aromatic carbocycles. The fourth-order valence-electron chi connectivity index (χ4n) is 2.17. The summed E-state index contributed by atoms with van der Waals surface area (Å²) >= 11 is 0. The van der Waals surface area contributed by atoms with Crippen molar-refractivity contribution in [1.29, 1.82) is 0 Å². The average Bonchev–Trinajstić information content (AvgIpc) is 2.23. The van der Waals surface area contributed by atoms with Crippen molar-refractivity contribution < 1.29 is 13.2 Å². The zero-order chi connectivity index (χ0) is 13.3. The molecule has 0 radical (unpaired) electrons. The highest BCUT2D eigenvalue weighted by molar-refractivity contribution is 5.46. The molecule has 0 bridgehead atoms. The number of rotatable bonds is 4. The van der Waals surface area contributed by atoms with Crippen LogP contribution in [0.3, 0.4) is 0 Å². The van der Waals surface area contributed by atoms with E-state index >= 15 is 0 Å². The lowest BCUT2D eigenvalue weighted by Crippen LogP contribution is -2.34. The number of nitrogens with one attached hydrogen (secondary N) is 1. The SMILES string of the molecule is CC(C)CNc1ccc(C2CC(F)(F)C2)c(F)c1. The first kappa shape index (κ1) is 13.2. The Hall–Kier alpha value is -1.19. The molecule has 2 rings (SSSR count). The summed E-state index contributed by atoms with van der Waals surface area (Å²) in [7, 11) is 0. The number of alkyl halides is 2. The Morgan fingerprint density at radius 1 is 1.33 bits per heavy atom. The van der Waals surface area contributed by atoms with E-state index in [2.05, 4.69) is 19.2 Å². The highest BCUT2D eigenvalue weighted by atomic mass is 19.3. The number of hydrogen-bond acceptors (Lipinski definition) is 1. The molecular formula is C14H18F3N. The van der Waals surface area contributed by atoms with Crippen LogP contribution in [0.15, 0.2) is 18.2 Å². The van der Waals surface area contributed by atoms with Crippen LogP contribution in [0.2, 0.25) is 0 Å². The summed E-state index contributed by atoms with van der Waals surface area (Å²) in [6, 6.07) is 4.78. The zero-order valence-electron chi connectivity index (χ0n) is 10.6. The molecule has 18 heavy (non-hydrogen) atoms. The Morgan fingerprint density at radius 2 is 2.00 bits per heavy atom. The van der Waals surface area contributed by atoms with Crippen molar-refractivity contribution in [3.63, 3.8) is 0 Å². The number of hydrogen-bond donors (Lipinski definition) is 1. The van der Waals surface area contributed by atoms with E-state index in [1.807, 2.05) is 0 Å². The molecule has 1 saturated carbocycles. The standard InChI is InChI=1S/C14H18F3N/c1-9(2)8-18-11-3-4-12(13(15)5-11)10-6-14(16,17)7-10/h3-5,9-10,18H,6-8H2,1-2H3. The van der Waals surface area contributed by atoms with Gasteiger partial charge in [-0.25, -0.2) is 13.2 Å². The Bertz CT molecular complexity index is 421. The maximum absolute atomic E-state index is 13.8. The highest BCUT2D eigenvalue weighted by Gasteiger charge is 2.46. The van der Waals surface area contributed by atoms with Crippen molar-refractivity contribution in [3.8, 4) is 0 Å². The minimum atomic E-state index is -2.61. The molecule has 4 heteroatoms. The second-order valence-corrected chi connectivity index (χ2v) is 5.47. The lowest BCUT2D eigenvalue weighted by atomic mass is 9.76. The molecule has 1 fully saturated rings. The van der Waals surface area contributed by atoms with Crippen molar-refractivity contribution >= 4 is 5.69 Å². The van der Waals surface area contributed by atoms with Crippen molar-refractivity contribution in [2.45, 2.75) is 38.5 Å². The molecule has 0 aromatic heterocycles. The topological polar surface area (TPSA) is 12.0 Å². The number of halogens is 3. The molecule has 1 aromatic rings. The van der Waals surface area contributed by atoms with Crippen molar-refractivity contribution in [2.75, 3.05) is 11.9 Å². The highest BCUT2D eigenvalue weighted by Crippen LogP contribution is 2.48. The molecule has 1 nitrogen and oxygen atoms in total. The molecule has 0 atom stereocenters. The molecule has 0 saturated heterocycles. The van der Waals surface area contributed by atoms with E-state index in [1.165, 1.54) is 6.07 Å². The van der Waals surface area contributed by atoms with Crippen LogP contribution in [0.25, 0.3) is 0 Å². The Morgan fingerprint density at radius 3 is 2.50 bits per heavy atom. The predicted octanol–water partition coefficient (Wildman–Crippen LogP) is 4.41. The van der Waals surface area contributed by atoms with Crippen molar-refractivity contribution in [3.05, 3.63) is 29.6 Å². The van der Waals surface area contributed by atoms with Crippen LogP contribution in [-0.2, 0) is 0 Å². The summed E-state index contributed by atoms with van der Waals surface area (Å²) in [5.41, 5.74) is 1.12. The van der Waals surface area contributed by atoms with Crippen molar-refractivity contribution in [2.24, 2.45) is 5.92 Å². The normalized spacial score (nSPS) is 18.8. The molecular weight excluding hydrogens is 239 g/mol. The van der Waals surface area contributed by atoms with Crippen LogP contribution < -0.4 is 5.32 Å². The van der Waals surface area contributed by atoms with Gasteiger partial charge in [-0.3, -0.25) is 0 Å². The summed E-state index contributed by atoms with van der Waals surface area (Å²) in [5, 5.41) is 3.12. The van der Waals surface area contributed by atoms with Crippen LogP contribution in [0.1, 0.15) is 38.2 Å². The van der Waals surface area contributed by atoms with Gasteiger partial charge < -0.3 is 5.32 Å². The predicted molar refractivity (Wildman–Crippen MR) is 66.6 cm³/mol. The monoisotopic (exact) mass is 257 g/mol. The first-order valence-electron chi connectivity index (χ1n) is 6.28. The molecule has 0 spiro atoms. The molecule has 0 heterocycles. The fraction of sp³-hybridized carbons (Fsp3) is 0.571. The van der Waals surface area contributed by atoms with Gasteiger partial charge in [0.15, 0.2) is 0 Å². The molecule has 100 valence electrons. The van der Waals surface area contributed by atoms with E-state index in [1.54, 1.807) is 12.1 Å². The minimum absolute atomic E-state index is 0.233. The summed E-state index contributed by atoms with van der Waals surface area (Å²) in [6.07, 6.45) is -0.467. The second kappa shape index (κ2) is 4.82. The van der Waals surface area contributed by atoms with Gasteiger partial charge in [-0.1, -0.05) is 19.9 Å². The smallest absolute Gasteiger partial charge is 0.249 e. The van der Waals surface area contributed by atoms with Gasteiger partial charge in [0.25, 0.3) is 0 Å². The van der Waals surface area contributed by atoms with Gasteiger partial charge in [0.2, 0.25) is 5.92 Å². The Balaban J connectivity index is 2.02. The van der Waals surface area contributed by atoms with E-state index in [0.29, 0.717) is 17.2 Å². The maximum atomic E-state index is 13.8. The first-order valence-corrected chi connectivity index (χ1v) is 6.28. The molecule has 0 amide bonds. The number of anilines is 1. The second-order valence-electron chi connectivity index (χ2n) is 5.47.